The summed E-state index contributed by atoms with van der Waals surface area (Å²) in [6, 6.07) is 4.74. The van der Waals surface area contributed by atoms with E-state index in [1.807, 2.05) is 0 Å². The Morgan fingerprint density at radius 1 is 1.04 bits per heavy atom. The molecule has 1 aromatic rings. The summed E-state index contributed by atoms with van der Waals surface area (Å²) in [5.74, 6) is -0.861. The molecule has 26 heavy (non-hydrogen) atoms. The molecule has 0 bridgehead atoms. The normalized spacial score (nSPS) is 12.3. The lowest BCUT2D eigenvalue weighted by atomic mass is 10.2. The number of carbonyl (C=O) groups is 2. The van der Waals surface area contributed by atoms with Crippen molar-refractivity contribution in [3.63, 3.8) is 0 Å². The highest BCUT2D eigenvalue weighted by Gasteiger charge is 2.25. The van der Waals surface area contributed by atoms with Crippen LogP contribution in [0.1, 0.15) is 20.8 Å². The minimum absolute atomic E-state index is 0.474. The third kappa shape index (κ3) is 6.98. The van der Waals surface area contributed by atoms with Gasteiger partial charge in [0.2, 0.25) is 0 Å². The van der Waals surface area contributed by atoms with E-state index in [2.05, 4.69) is 9.57 Å². The summed E-state index contributed by atoms with van der Waals surface area (Å²) in [6.45, 7) is 4.03. The summed E-state index contributed by atoms with van der Waals surface area (Å²) in [5, 5.41) is 0. The number of ether oxygens (including phenoxy) is 2. The first-order valence-corrected chi connectivity index (χ1v) is 10.5. The second-order valence-corrected chi connectivity index (χ2v) is 9.63. The van der Waals surface area contributed by atoms with Gasteiger partial charge in [0.25, 0.3) is 10.0 Å². The first-order valence-electron chi connectivity index (χ1n) is 7.09. The molecule has 0 unspecified atom stereocenters. The molecule has 10 nitrogen and oxygen atoms in total. The molecule has 0 saturated carbocycles. The second-order valence-electron chi connectivity index (χ2n) is 6.03. The molecule has 0 spiro atoms. The number of hydrogen-bond acceptors (Lipinski definition) is 9. The highest BCUT2D eigenvalue weighted by atomic mass is 32.2. The molecule has 146 valence electrons. The molecule has 0 saturated heterocycles. The Hall–Kier alpha value is -2.18. The lowest BCUT2D eigenvalue weighted by Gasteiger charge is -2.19. The van der Waals surface area contributed by atoms with Crippen LogP contribution in [0.2, 0.25) is 0 Å². The molecule has 1 aromatic carbocycles. The van der Waals surface area contributed by atoms with E-state index in [0.717, 1.165) is 18.4 Å². The lowest BCUT2D eigenvalue weighted by molar-refractivity contribution is -0.159. The van der Waals surface area contributed by atoms with Gasteiger partial charge in [-0.05, 0) is 37.8 Å². The van der Waals surface area contributed by atoms with E-state index in [1.165, 1.54) is 17.0 Å². The zero-order valence-corrected chi connectivity index (χ0v) is 16.1. The molecule has 0 aromatic heterocycles. The van der Waals surface area contributed by atoms with E-state index in [1.54, 1.807) is 20.8 Å². The van der Waals surface area contributed by atoms with E-state index in [0.29, 0.717) is 0 Å². The van der Waals surface area contributed by atoms with Crippen molar-refractivity contribution in [1.29, 1.82) is 0 Å². The largest absolute Gasteiger partial charge is 0.529 e. The third-order valence-electron chi connectivity index (χ3n) is 2.50. The number of sulfone groups is 1. The SMILES string of the molecule is CC(C)(C)OC(=O)COC(=O)ONS(=O)(=O)c1ccccc1S(C)(=O)=O. The summed E-state index contributed by atoms with van der Waals surface area (Å²) < 4.78 is 56.8. The van der Waals surface area contributed by atoms with Crippen molar-refractivity contribution in [1.82, 2.24) is 4.89 Å². The average Bonchev–Trinajstić information content (AvgIpc) is 2.48. The quantitative estimate of drug-likeness (QED) is 0.532. The standard InChI is InChI=1S/C14H19NO9S2/c1-14(2,3)23-12(16)9-22-13(17)24-15-26(20,21)11-8-6-5-7-10(11)25(4,18)19/h5-8,15H,9H2,1-4H3. The van der Waals surface area contributed by atoms with Crippen LogP contribution in [0.15, 0.2) is 34.1 Å². The van der Waals surface area contributed by atoms with Crippen LogP contribution < -0.4 is 4.89 Å². The molecule has 12 heteroatoms. The molecule has 1 N–H and O–H groups in total. The fraction of sp³-hybridized carbons (Fsp3) is 0.429. The molecule has 0 aliphatic rings. The van der Waals surface area contributed by atoms with E-state index in [9.17, 15) is 26.4 Å². The minimum Gasteiger partial charge on any atom is -0.457 e. The van der Waals surface area contributed by atoms with Gasteiger partial charge in [0.05, 0.1) is 4.90 Å². The van der Waals surface area contributed by atoms with Gasteiger partial charge in [0, 0.05) is 6.26 Å². The van der Waals surface area contributed by atoms with Crippen molar-refractivity contribution in [3.8, 4) is 0 Å². The fourth-order valence-corrected chi connectivity index (χ4v) is 4.03. The van der Waals surface area contributed by atoms with Crippen LogP contribution in [0.5, 0.6) is 0 Å². The summed E-state index contributed by atoms with van der Waals surface area (Å²) in [7, 11) is -8.35. The number of nitrogens with one attached hydrogen (secondary N) is 1. The maximum Gasteiger partial charge on any atom is 0.529 e. The Balaban J connectivity index is 2.73. The smallest absolute Gasteiger partial charge is 0.457 e. The highest BCUT2D eigenvalue weighted by molar-refractivity contribution is 7.93. The van der Waals surface area contributed by atoms with Crippen LogP contribution in [0, 0.1) is 0 Å². The van der Waals surface area contributed by atoms with Gasteiger partial charge in [-0.2, -0.15) is 0 Å². The Labute approximate surface area is 151 Å². The van der Waals surface area contributed by atoms with Crippen LogP contribution in [0.3, 0.4) is 0 Å². The van der Waals surface area contributed by atoms with Crippen molar-refractivity contribution in [2.24, 2.45) is 0 Å². The molecule has 0 fully saturated rings. The lowest BCUT2D eigenvalue weighted by Crippen LogP contribution is -2.31. The summed E-state index contributed by atoms with van der Waals surface area (Å²) in [6.07, 6.45) is -0.687. The van der Waals surface area contributed by atoms with E-state index >= 15 is 0 Å². The monoisotopic (exact) mass is 409 g/mol. The second kappa shape index (κ2) is 8.01. The summed E-state index contributed by atoms with van der Waals surface area (Å²) in [5.41, 5.74) is -0.790. The topological polar surface area (TPSA) is 142 Å². The van der Waals surface area contributed by atoms with Gasteiger partial charge in [-0.3, -0.25) is 0 Å². The third-order valence-corrected chi connectivity index (χ3v) is 5.02. The molecule has 0 heterocycles. The highest BCUT2D eigenvalue weighted by Crippen LogP contribution is 2.20. The molecule has 0 atom stereocenters. The van der Waals surface area contributed by atoms with E-state index in [4.69, 9.17) is 4.74 Å². The molecule has 0 aliphatic carbocycles. The molecule has 1 rings (SSSR count). The van der Waals surface area contributed by atoms with E-state index < -0.39 is 54.0 Å². The van der Waals surface area contributed by atoms with Gasteiger partial charge >= 0.3 is 12.1 Å². The summed E-state index contributed by atoms with van der Waals surface area (Å²) in [4.78, 5) is 27.3. The van der Waals surface area contributed by atoms with Crippen molar-refractivity contribution in [3.05, 3.63) is 24.3 Å². The van der Waals surface area contributed by atoms with Crippen molar-refractivity contribution < 1.29 is 40.7 Å². The minimum atomic E-state index is -4.50. The molecular weight excluding hydrogens is 390 g/mol. The van der Waals surface area contributed by atoms with Gasteiger partial charge < -0.3 is 14.3 Å². The van der Waals surface area contributed by atoms with Gasteiger partial charge in [0.1, 0.15) is 10.5 Å². The average molecular weight is 409 g/mol. The Morgan fingerprint density at radius 2 is 1.58 bits per heavy atom. The number of esters is 1. The van der Waals surface area contributed by atoms with Crippen LogP contribution >= 0.6 is 0 Å². The van der Waals surface area contributed by atoms with E-state index in [-0.39, 0.29) is 0 Å². The molecule has 0 aliphatic heterocycles. The zero-order valence-electron chi connectivity index (χ0n) is 14.5. The van der Waals surface area contributed by atoms with Crippen LogP contribution in [0.4, 0.5) is 4.79 Å². The van der Waals surface area contributed by atoms with Crippen molar-refractivity contribution in [2.45, 2.75) is 36.2 Å². The predicted molar refractivity (Wildman–Crippen MR) is 88.2 cm³/mol. The molecule has 0 amide bonds. The number of sulfonamides is 1. The zero-order chi connectivity index (χ0) is 20.2. The van der Waals surface area contributed by atoms with Gasteiger partial charge in [-0.1, -0.05) is 12.1 Å². The van der Waals surface area contributed by atoms with Crippen molar-refractivity contribution in [2.75, 3.05) is 12.9 Å². The van der Waals surface area contributed by atoms with Gasteiger partial charge in [0.15, 0.2) is 16.4 Å². The number of rotatable bonds is 6. The predicted octanol–water partition coefficient (Wildman–Crippen LogP) is 0.778. The summed E-state index contributed by atoms with van der Waals surface area (Å²) >= 11 is 0. The Bertz CT molecular complexity index is 883. The molecule has 0 radical (unpaired) electrons. The number of carbonyl (C=O) groups excluding carboxylic acids is 2. The molecular formula is C14H19NO9S2. The van der Waals surface area contributed by atoms with Crippen LogP contribution in [-0.2, 0) is 39.0 Å². The van der Waals surface area contributed by atoms with Crippen molar-refractivity contribution >= 4 is 32.0 Å². The number of benzene rings is 1. The first kappa shape index (κ1) is 21.9. The first-order chi connectivity index (χ1) is 11.7. The fourth-order valence-electron chi connectivity index (χ4n) is 1.63. The van der Waals surface area contributed by atoms with Crippen LogP contribution in [0.25, 0.3) is 0 Å². The van der Waals surface area contributed by atoms with Gasteiger partial charge in [-0.25, -0.2) is 26.4 Å². The Morgan fingerprint density at radius 3 is 2.08 bits per heavy atom. The Kier molecular flexibility index (Phi) is 6.74. The maximum atomic E-state index is 12.1. The van der Waals surface area contributed by atoms with Crippen LogP contribution in [-0.4, -0.2) is 47.4 Å². The maximum absolute atomic E-state index is 12.1. The van der Waals surface area contributed by atoms with Gasteiger partial charge in [-0.15, -0.1) is 0 Å². The number of hydrogen-bond donors (Lipinski definition) is 1.